The van der Waals surface area contributed by atoms with Crippen LogP contribution >= 0.6 is 0 Å². The molecule has 0 bridgehead atoms. The molecule has 3 heteroatoms. The summed E-state index contributed by atoms with van der Waals surface area (Å²) in [5.74, 6) is 0. The highest BCUT2D eigenvalue weighted by molar-refractivity contribution is 4.84. The van der Waals surface area contributed by atoms with Crippen LogP contribution in [0.3, 0.4) is 0 Å². The van der Waals surface area contributed by atoms with Gasteiger partial charge >= 0.3 is 0 Å². The summed E-state index contributed by atoms with van der Waals surface area (Å²) in [5.41, 5.74) is 0. The fourth-order valence-corrected chi connectivity index (χ4v) is 1.73. The van der Waals surface area contributed by atoms with E-state index >= 15 is 0 Å². The first-order chi connectivity index (χ1) is 6.27. The van der Waals surface area contributed by atoms with Gasteiger partial charge in [-0.3, -0.25) is 0 Å². The molecule has 2 atom stereocenters. The summed E-state index contributed by atoms with van der Waals surface area (Å²) in [6, 6.07) is 0. The van der Waals surface area contributed by atoms with Crippen LogP contribution < -0.4 is 0 Å². The third-order valence-electron chi connectivity index (χ3n) is 2.31. The van der Waals surface area contributed by atoms with Crippen molar-refractivity contribution in [2.75, 3.05) is 33.4 Å². The van der Waals surface area contributed by atoms with Crippen molar-refractivity contribution >= 4 is 0 Å². The summed E-state index contributed by atoms with van der Waals surface area (Å²) in [7, 11) is 2.11. The maximum Gasteiger partial charge on any atom is 0.0975 e. The van der Waals surface area contributed by atoms with Crippen LogP contribution in [0.5, 0.6) is 0 Å². The summed E-state index contributed by atoms with van der Waals surface area (Å²) in [5, 5.41) is 0. The Kier molecular flexibility index (Phi) is 4.70. The van der Waals surface area contributed by atoms with Crippen LogP contribution in [0.1, 0.15) is 20.3 Å². The largest absolute Gasteiger partial charge is 0.374 e. The summed E-state index contributed by atoms with van der Waals surface area (Å²) in [6.45, 7) is 7.81. The van der Waals surface area contributed by atoms with Crippen LogP contribution in [0.15, 0.2) is 0 Å². The van der Waals surface area contributed by atoms with Crippen molar-refractivity contribution in [1.82, 2.24) is 4.90 Å². The van der Waals surface area contributed by atoms with Gasteiger partial charge in [0, 0.05) is 26.3 Å². The number of likely N-dealkylation sites (N-methyl/N-ethyl adjacent to an activating group) is 1. The summed E-state index contributed by atoms with van der Waals surface area (Å²) < 4.78 is 11.3. The van der Waals surface area contributed by atoms with Gasteiger partial charge < -0.3 is 14.4 Å². The van der Waals surface area contributed by atoms with E-state index in [2.05, 4.69) is 18.9 Å². The molecule has 0 amide bonds. The molecule has 1 aliphatic heterocycles. The first-order valence-electron chi connectivity index (χ1n) is 5.19. The smallest absolute Gasteiger partial charge is 0.0975 e. The van der Waals surface area contributed by atoms with Crippen molar-refractivity contribution in [3.63, 3.8) is 0 Å². The van der Waals surface area contributed by atoms with Crippen molar-refractivity contribution in [3.05, 3.63) is 0 Å². The Morgan fingerprint density at radius 1 is 1.15 bits per heavy atom. The standard InChI is InChI=1S/C10H21NO2/c1-4-6-13-10-8-11(3)7-9(10)12-5-2/h9-10H,4-8H2,1-3H3/t9-,10-/m1/s1. The van der Waals surface area contributed by atoms with Gasteiger partial charge in [-0.25, -0.2) is 0 Å². The lowest BCUT2D eigenvalue weighted by Gasteiger charge is -2.18. The number of hydrogen-bond acceptors (Lipinski definition) is 3. The van der Waals surface area contributed by atoms with E-state index in [4.69, 9.17) is 9.47 Å². The lowest BCUT2D eigenvalue weighted by Crippen LogP contribution is -2.30. The second-order valence-electron chi connectivity index (χ2n) is 3.62. The molecule has 1 saturated heterocycles. The van der Waals surface area contributed by atoms with E-state index in [0.29, 0.717) is 0 Å². The fourth-order valence-electron chi connectivity index (χ4n) is 1.73. The molecule has 3 nitrogen and oxygen atoms in total. The fraction of sp³-hybridized carbons (Fsp3) is 1.00. The minimum Gasteiger partial charge on any atom is -0.374 e. The Labute approximate surface area is 81.0 Å². The zero-order valence-electron chi connectivity index (χ0n) is 8.95. The quantitative estimate of drug-likeness (QED) is 0.644. The van der Waals surface area contributed by atoms with Crippen LogP contribution in [-0.2, 0) is 9.47 Å². The minimum absolute atomic E-state index is 0.279. The van der Waals surface area contributed by atoms with Crippen molar-refractivity contribution in [2.45, 2.75) is 32.5 Å². The van der Waals surface area contributed by atoms with Crippen LogP contribution in [0.25, 0.3) is 0 Å². The Bertz CT molecular complexity index is 141. The van der Waals surface area contributed by atoms with Crippen LogP contribution in [-0.4, -0.2) is 50.5 Å². The van der Waals surface area contributed by atoms with Gasteiger partial charge in [-0.05, 0) is 20.4 Å². The highest BCUT2D eigenvalue weighted by Crippen LogP contribution is 2.15. The summed E-state index contributed by atoms with van der Waals surface area (Å²) >= 11 is 0. The van der Waals surface area contributed by atoms with Gasteiger partial charge in [-0.2, -0.15) is 0 Å². The van der Waals surface area contributed by atoms with E-state index in [-0.39, 0.29) is 12.2 Å². The molecule has 1 fully saturated rings. The third kappa shape index (κ3) is 3.25. The molecule has 0 N–H and O–H groups in total. The van der Waals surface area contributed by atoms with E-state index in [9.17, 15) is 0 Å². The minimum atomic E-state index is 0.279. The first-order valence-corrected chi connectivity index (χ1v) is 5.19. The number of hydrogen-bond donors (Lipinski definition) is 0. The van der Waals surface area contributed by atoms with E-state index in [0.717, 1.165) is 32.7 Å². The van der Waals surface area contributed by atoms with Gasteiger partial charge in [0.25, 0.3) is 0 Å². The Morgan fingerprint density at radius 2 is 1.77 bits per heavy atom. The van der Waals surface area contributed by atoms with Crippen LogP contribution in [0, 0.1) is 0 Å². The topological polar surface area (TPSA) is 21.7 Å². The number of ether oxygens (including phenoxy) is 2. The molecule has 0 radical (unpaired) electrons. The predicted octanol–water partition coefficient (Wildman–Crippen LogP) is 1.13. The second-order valence-corrected chi connectivity index (χ2v) is 3.62. The maximum absolute atomic E-state index is 5.72. The van der Waals surface area contributed by atoms with Gasteiger partial charge in [0.2, 0.25) is 0 Å². The molecule has 13 heavy (non-hydrogen) atoms. The highest BCUT2D eigenvalue weighted by Gasteiger charge is 2.31. The normalized spacial score (nSPS) is 29.8. The molecular weight excluding hydrogens is 166 g/mol. The molecule has 0 spiro atoms. The molecule has 1 heterocycles. The average molecular weight is 187 g/mol. The van der Waals surface area contributed by atoms with Gasteiger partial charge in [-0.1, -0.05) is 6.92 Å². The zero-order chi connectivity index (χ0) is 9.68. The van der Waals surface area contributed by atoms with Crippen LogP contribution in [0.4, 0.5) is 0 Å². The molecule has 1 rings (SSSR count). The first kappa shape index (κ1) is 11.0. The van der Waals surface area contributed by atoms with Crippen molar-refractivity contribution in [3.8, 4) is 0 Å². The summed E-state index contributed by atoms with van der Waals surface area (Å²) in [6.07, 6.45) is 1.64. The molecule has 1 aliphatic rings. The zero-order valence-corrected chi connectivity index (χ0v) is 8.95. The molecule has 0 aromatic rings. The van der Waals surface area contributed by atoms with E-state index in [1.807, 2.05) is 6.92 Å². The van der Waals surface area contributed by atoms with Crippen molar-refractivity contribution in [2.24, 2.45) is 0 Å². The Morgan fingerprint density at radius 3 is 2.31 bits per heavy atom. The molecule has 0 aromatic carbocycles. The van der Waals surface area contributed by atoms with E-state index in [1.165, 1.54) is 0 Å². The molecule has 0 aromatic heterocycles. The third-order valence-corrected chi connectivity index (χ3v) is 2.31. The second kappa shape index (κ2) is 5.58. The van der Waals surface area contributed by atoms with Gasteiger partial charge in [0.05, 0.1) is 12.2 Å². The van der Waals surface area contributed by atoms with Gasteiger partial charge in [0.1, 0.15) is 0 Å². The van der Waals surface area contributed by atoms with E-state index < -0.39 is 0 Å². The van der Waals surface area contributed by atoms with Gasteiger partial charge in [0.15, 0.2) is 0 Å². The molecule has 0 saturated carbocycles. The predicted molar refractivity (Wildman–Crippen MR) is 52.9 cm³/mol. The number of nitrogens with zero attached hydrogens (tertiary/aromatic N) is 1. The maximum atomic E-state index is 5.72. The molecule has 0 unspecified atom stereocenters. The summed E-state index contributed by atoms with van der Waals surface area (Å²) in [4.78, 5) is 2.26. The Balaban J connectivity index is 2.31. The molecular formula is C10H21NO2. The van der Waals surface area contributed by atoms with E-state index in [1.54, 1.807) is 0 Å². The lowest BCUT2D eigenvalue weighted by molar-refractivity contribution is -0.0425. The monoisotopic (exact) mass is 187 g/mol. The molecule has 0 aliphatic carbocycles. The number of rotatable bonds is 5. The highest BCUT2D eigenvalue weighted by atomic mass is 16.5. The molecule has 78 valence electrons. The van der Waals surface area contributed by atoms with Crippen molar-refractivity contribution < 1.29 is 9.47 Å². The van der Waals surface area contributed by atoms with Crippen LogP contribution in [0.2, 0.25) is 0 Å². The van der Waals surface area contributed by atoms with Crippen molar-refractivity contribution in [1.29, 1.82) is 0 Å². The Hall–Kier alpha value is -0.120. The van der Waals surface area contributed by atoms with Gasteiger partial charge in [-0.15, -0.1) is 0 Å². The number of likely N-dealkylation sites (tertiary alicyclic amines) is 1. The average Bonchev–Trinajstić information content (AvgIpc) is 2.44. The lowest BCUT2D eigenvalue weighted by atomic mass is 10.2. The SMILES string of the molecule is CCCO[C@@H]1CN(C)C[C@H]1OCC.